The highest BCUT2D eigenvalue weighted by Gasteiger charge is 2.32. The molecule has 33 heavy (non-hydrogen) atoms. The Morgan fingerprint density at radius 2 is 1.79 bits per heavy atom. The summed E-state index contributed by atoms with van der Waals surface area (Å²) in [6.45, 7) is 7.46. The Kier molecular flexibility index (Phi) is 11.9. The summed E-state index contributed by atoms with van der Waals surface area (Å²) in [6, 6.07) is 8.60. The first-order valence-electron chi connectivity index (χ1n) is 12.1. The van der Waals surface area contributed by atoms with E-state index in [1.807, 2.05) is 42.3 Å². The van der Waals surface area contributed by atoms with Crippen LogP contribution in [0.25, 0.3) is 0 Å². The smallest absolute Gasteiger partial charge is 0.327 e. The Morgan fingerprint density at radius 3 is 2.42 bits per heavy atom. The molecule has 1 amide bonds. The molecule has 1 heterocycles. The summed E-state index contributed by atoms with van der Waals surface area (Å²) in [4.78, 5) is 38.3. The molecule has 1 N–H and O–H groups in total. The van der Waals surface area contributed by atoms with Crippen molar-refractivity contribution in [3.8, 4) is 0 Å². The van der Waals surface area contributed by atoms with Crippen molar-refractivity contribution >= 4 is 17.8 Å². The highest BCUT2D eigenvalue weighted by Crippen LogP contribution is 2.14. The van der Waals surface area contributed by atoms with Crippen molar-refractivity contribution in [1.82, 2.24) is 15.3 Å². The summed E-state index contributed by atoms with van der Waals surface area (Å²) >= 11 is 0. The second-order valence-corrected chi connectivity index (χ2v) is 8.35. The standard InChI is InChI=1S/C25H39N3O5/c1-4-6-18-33-23(29)19-28(27-16-10-11-17-27)24(30)20(3)26-22(25(31)32-5-2)15-14-21-12-8-7-9-13-21/h7-9,12-13,20,22,26H,4-6,10-11,14-19H2,1-3H3/t20-,22-/m0/s1. The molecule has 1 saturated heterocycles. The molecule has 0 bridgehead atoms. The van der Waals surface area contributed by atoms with E-state index >= 15 is 0 Å². The molecule has 8 heteroatoms. The number of carbonyl (C=O) groups is 3. The Bertz CT molecular complexity index is 737. The quantitative estimate of drug-likeness (QED) is 0.337. The second-order valence-electron chi connectivity index (χ2n) is 8.35. The number of benzene rings is 1. The van der Waals surface area contributed by atoms with E-state index in [-0.39, 0.29) is 25.0 Å². The lowest BCUT2D eigenvalue weighted by Gasteiger charge is -2.33. The van der Waals surface area contributed by atoms with Crippen LogP contribution in [-0.2, 0) is 30.3 Å². The molecule has 1 aliphatic rings. The summed E-state index contributed by atoms with van der Waals surface area (Å²) in [5.41, 5.74) is 1.11. The SMILES string of the molecule is CCCCOC(=O)CN(C(=O)[C@H](C)N[C@@H](CCc1ccccc1)C(=O)OCC)N1CCCC1. The number of amides is 1. The van der Waals surface area contributed by atoms with Crippen LogP contribution in [-0.4, -0.2) is 72.8 Å². The molecule has 8 nitrogen and oxygen atoms in total. The van der Waals surface area contributed by atoms with Gasteiger partial charge in [-0.05, 0) is 51.5 Å². The molecule has 0 aromatic heterocycles. The largest absolute Gasteiger partial charge is 0.465 e. The van der Waals surface area contributed by atoms with E-state index in [9.17, 15) is 14.4 Å². The third-order valence-electron chi connectivity index (χ3n) is 5.68. The van der Waals surface area contributed by atoms with Crippen LogP contribution in [0.15, 0.2) is 30.3 Å². The van der Waals surface area contributed by atoms with Crippen LogP contribution in [0.4, 0.5) is 0 Å². The zero-order valence-corrected chi connectivity index (χ0v) is 20.3. The fourth-order valence-corrected chi connectivity index (χ4v) is 3.82. The molecule has 0 unspecified atom stereocenters. The highest BCUT2D eigenvalue weighted by atomic mass is 16.5. The minimum atomic E-state index is -0.667. The summed E-state index contributed by atoms with van der Waals surface area (Å²) in [5.74, 6) is -1.04. The second kappa shape index (κ2) is 14.6. The van der Waals surface area contributed by atoms with Gasteiger partial charge in [0.15, 0.2) is 0 Å². The number of ether oxygens (including phenoxy) is 2. The van der Waals surface area contributed by atoms with Gasteiger partial charge in [-0.1, -0.05) is 43.7 Å². The summed E-state index contributed by atoms with van der Waals surface area (Å²) in [6.07, 6.45) is 4.85. The number of rotatable bonds is 14. The van der Waals surface area contributed by atoms with Crippen LogP contribution in [0.2, 0.25) is 0 Å². The monoisotopic (exact) mass is 461 g/mol. The van der Waals surface area contributed by atoms with E-state index in [1.165, 1.54) is 5.01 Å². The number of hydrogen-bond donors (Lipinski definition) is 1. The third kappa shape index (κ3) is 9.14. The number of nitrogens with zero attached hydrogens (tertiary/aromatic N) is 2. The molecule has 2 atom stereocenters. The summed E-state index contributed by atoms with van der Waals surface area (Å²) in [7, 11) is 0. The fourth-order valence-electron chi connectivity index (χ4n) is 3.82. The van der Waals surface area contributed by atoms with Gasteiger partial charge in [-0.3, -0.25) is 24.7 Å². The van der Waals surface area contributed by atoms with Gasteiger partial charge in [-0.2, -0.15) is 0 Å². The molecule has 0 aliphatic carbocycles. The van der Waals surface area contributed by atoms with Gasteiger partial charge in [-0.15, -0.1) is 0 Å². The molecule has 0 spiro atoms. The zero-order chi connectivity index (χ0) is 24.1. The van der Waals surface area contributed by atoms with Crippen molar-refractivity contribution < 1.29 is 23.9 Å². The van der Waals surface area contributed by atoms with Gasteiger partial charge in [0.05, 0.1) is 19.3 Å². The van der Waals surface area contributed by atoms with Gasteiger partial charge in [0, 0.05) is 13.1 Å². The predicted molar refractivity (Wildman–Crippen MR) is 126 cm³/mol. The number of nitrogens with one attached hydrogen (secondary N) is 1. The molecule has 1 aromatic carbocycles. The first-order chi connectivity index (χ1) is 16.0. The van der Waals surface area contributed by atoms with Crippen molar-refractivity contribution in [2.45, 2.75) is 71.4 Å². The zero-order valence-electron chi connectivity index (χ0n) is 20.3. The van der Waals surface area contributed by atoms with Gasteiger partial charge >= 0.3 is 11.9 Å². The first kappa shape index (κ1) is 26.8. The fraction of sp³-hybridized carbons (Fsp3) is 0.640. The van der Waals surface area contributed by atoms with Crippen molar-refractivity contribution in [3.05, 3.63) is 35.9 Å². The number of esters is 2. The predicted octanol–water partition coefficient (Wildman–Crippen LogP) is 2.71. The van der Waals surface area contributed by atoms with Gasteiger partial charge in [0.2, 0.25) is 0 Å². The maximum absolute atomic E-state index is 13.3. The van der Waals surface area contributed by atoms with E-state index in [4.69, 9.17) is 9.47 Å². The molecular weight excluding hydrogens is 422 g/mol. The summed E-state index contributed by atoms with van der Waals surface area (Å²) < 4.78 is 10.5. The Hall–Kier alpha value is -2.45. The molecule has 184 valence electrons. The molecule has 2 rings (SSSR count). The number of carbonyl (C=O) groups excluding carboxylic acids is 3. The van der Waals surface area contributed by atoms with Crippen LogP contribution in [0.3, 0.4) is 0 Å². The number of hydrogen-bond acceptors (Lipinski definition) is 7. The van der Waals surface area contributed by atoms with Gasteiger partial charge in [-0.25, -0.2) is 5.01 Å². The van der Waals surface area contributed by atoms with E-state index in [0.29, 0.717) is 19.4 Å². The lowest BCUT2D eigenvalue weighted by Crippen LogP contribution is -2.56. The highest BCUT2D eigenvalue weighted by molar-refractivity contribution is 5.86. The van der Waals surface area contributed by atoms with E-state index in [0.717, 1.165) is 44.3 Å². The van der Waals surface area contributed by atoms with Crippen molar-refractivity contribution in [1.29, 1.82) is 0 Å². The summed E-state index contributed by atoms with van der Waals surface area (Å²) in [5, 5.41) is 6.55. The minimum absolute atomic E-state index is 0.122. The number of unbranched alkanes of at least 4 members (excludes halogenated alkanes) is 1. The van der Waals surface area contributed by atoms with E-state index < -0.39 is 18.1 Å². The van der Waals surface area contributed by atoms with Crippen molar-refractivity contribution in [2.75, 3.05) is 32.8 Å². The lowest BCUT2D eigenvalue weighted by molar-refractivity contribution is -0.162. The number of aryl methyl sites for hydroxylation is 1. The van der Waals surface area contributed by atoms with Crippen LogP contribution in [0, 0.1) is 0 Å². The first-order valence-corrected chi connectivity index (χ1v) is 12.1. The van der Waals surface area contributed by atoms with Crippen LogP contribution in [0.1, 0.15) is 58.4 Å². The van der Waals surface area contributed by atoms with Crippen LogP contribution in [0.5, 0.6) is 0 Å². The van der Waals surface area contributed by atoms with E-state index in [1.54, 1.807) is 13.8 Å². The minimum Gasteiger partial charge on any atom is -0.465 e. The lowest BCUT2D eigenvalue weighted by atomic mass is 10.0. The molecule has 1 fully saturated rings. The molecular formula is C25H39N3O5. The normalized spacial score (nSPS) is 15.6. The number of hydrazine groups is 1. The van der Waals surface area contributed by atoms with Gasteiger partial charge < -0.3 is 9.47 Å². The molecule has 1 aliphatic heterocycles. The molecule has 1 aromatic rings. The maximum Gasteiger partial charge on any atom is 0.327 e. The van der Waals surface area contributed by atoms with Gasteiger partial charge in [0.1, 0.15) is 12.6 Å². The Balaban J connectivity index is 2.04. The topological polar surface area (TPSA) is 88.2 Å². The Morgan fingerprint density at radius 1 is 1.09 bits per heavy atom. The third-order valence-corrected chi connectivity index (χ3v) is 5.68. The average Bonchev–Trinajstić information content (AvgIpc) is 3.35. The molecule has 0 radical (unpaired) electrons. The van der Waals surface area contributed by atoms with Crippen molar-refractivity contribution in [3.63, 3.8) is 0 Å². The van der Waals surface area contributed by atoms with Crippen LogP contribution < -0.4 is 5.32 Å². The van der Waals surface area contributed by atoms with Crippen molar-refractivity contribution in [2.24, 2.45) is 0 Å². The average molecular weight is 462 g/mol. The molecule has 0 saturated carbocycles. The maximum atomic E-state index is 13.3. The van der Waals surface area contributed by atoms with Crippen LogP contribution >= 0.6 is 0 Å². The van der Waals surface area contributed by atoms with Gasteiger partial charge in [0.25, 0.3) is 5.91 Å². The Labute approximate surface area is 197 Å². The van der Waals surface area contributed by atoms with E-state index in [2.05, 4.69) is 5.32 Å².